The van der Waals surface area contributed by atoms with Crippen LogP contribution in [0.2, 0.25) is 0 Å². The van der Waals surface area contributed by atoms with Gasteiger partial charge in [0, 0.05) is 43.0 Å². The van der Waals surface area contributed by atoms with Gasteiger partial charge in [-0.15, -0.1) is 0 Å². The van der Waals surface area contributed by atoms with Crippen molar-refractivity contribution in [2.24, 2.45) is 0 Å². The predicted molar refractivity (Wildman–Crippen MR) is 141 cm³/mol. The molecular weight excluding hydrogens is 456 g/mol. The molecule has 6 nitrogen and oxygen atoms in total. The van der Waals surface area contributed by atoms with Crippen molar-refractivity contribution in [3.05, 3.63) is 82.5 Å². The number of carbonyl (C=O) groups is 2. The highest BCUT2D eigenvalue weighted by Gasteiger charge is 2.25. The molecule has 0 unspecified atom stereocenters. The van der Waals surface area contributed by atoms with Crippen molar-refractivity contribution in [1.29, 1.82) is 0 Å². The number of aromatic nitrogens is 1. The maximum atomic E-state index is 13.4. The van der Waals surface area contributed by atoms with Crippen LogP contribution in [-0.4, -0.2) is 59.3 Å². The summed E-state index contributed by atoms with van der Waals surface area (Å²) in [6.45, 7) is 10.9. The Labute approximate surface area is 211 Å². The molecule has 7 heteroatoms. The van der Waals surface area contributed by atoms with Gasteiger partial charge in [0.25, 0.3) is 5.91 Å². The van der Waals surface area contributed by atoms with Crippen LogP contribution in [0.15, 0.2) is 64.6 Å². The fraction of sp³-hybridized carbons (Fsp3) is 0.321. The predicted octanol–water partition coefficient (Wildman–Crippen LogP) is 4.86. The maximum absolute atomic E-state index is 13.4. The van der Waals surface area contributed by atoms with E-state index in [-0.39, 0.29) is 11.8 Å². The molecule has 1 N–H and O–H groups in total. The van der Waals surface area contributed by atoms with E-state index in [2.05, 4.69) is 47.2 Å². The summed E-state index contributed by atoms with van der Waals surface area (Å²) in [7, 11) is 0. The zero-order chi connectivity index (χ0) is 24.9. The summed E-state index contributed by atoms with van der Waals surface area (Å²) in [5.74, 6) is -0.0350. The average Bonchev–Trinajstić information content (AvgIpc) is 2.84. The van der Waals surface area contributed by atoms with Crippen molar-refractivity contribution in [3.63, 3.8) is 0 Å². The van der Waals surface area contributed by atoms with Crippen LogP contribution in [0.4, 0.5) is 5.69 Å². The number of anilines is 1. The number of piperazine rings is 1. The zero-order valence-corrected chi connectivity index (χ0v) is 21.6. The Balaban J connectivity index is 1.36. The minimum absolute atomic E-state index is 0.00876. The second-order valence-electron chi connectivity index (χ2n) is 9.11. The average molecular weight is 489 g/mol. The summed E-state index contributed by atoms with van der Waals surface area (Å²) in [5, 5.41) is 3.78. The molecule has 0 saturated carbocycles. The summed E-state index contributed by atoms with van der Waals surface area (Å²) in [6.07, 6.45) is 1.73. The van der Waals surface area contributed by atoms with Crippen molar-refractivity contribution < 1.29 is 9.59 Å². The molecule has 0 bridgehead atoms. The Morgan fingerprint density at radius 3 is 2.34 bits per heavy atom. The van der Waals surface area contributed by atoms with E-state index in [1.165, 1.54) is 17.3 Å². The molecule has 2 heterocycles. The fourth-order valence-corrected chi connectivity index (χ4v) is 5.29. The number of carbonyl (C=O) groups excluding carboxylic acids is 2. The quantitative estimate of drug-likeness (QED) is 0.537. The first-order valence-electron chi connectivity index (χ1n) is 11.9. The lowest BCUT2D eigenvalue weighted by Crippen LogP contribution is -2.50. The van der Waals surface area contributed by atoms with E-state index < -0.39 is 0 Å². The van der Waals surface area contributed by atoms with Crippen LogP contribution in [-0.2, 0) is 4.79 Å². The fourth-order valence-electron chi connectivity index (χ4n) is 4.23. The van der Waals surface area contributed by atoms with E-state index in [4.69, 9.17) is 0 Å². The molecule has 0 spiro atoms. The van der Waals surface area contributed by atoms with Crippen LogP contribution in [0.5, 0.6) is 0 Å². The van der Waals surface area contributed by atoms with Crippen molar-refractivity contribution in [2.45, 2.75) is 37.6 Å². The highest BCUT2D eigenvalue weighted by Crippen LogP contribution is 2.32. The summed E-state index contributed by atoms with van der Waals surface area (Å²) in [5.41, 5.74) is 5.97. The van der Waals surface area contributed by atoms with Crippen LogP contribution < -0.4 is 5.32 Å². The highest BCUT2D eigenvalue weighted by molar-refractivity contribution is 7.99. The first-order valence-corrected chi connectivity index (χ1v) is 12.7. The van der Waals surface area contributed by atoms with Gasteiger partial charge >= 0.3 is 0 Å². The summed E-state index contributed by atoms with van der Waals surface area (Å²) < 4.78 is 0. The summed E-state index contributed by atoms with van der Waals surface area (Å²) >= 11 is 1.54. The Kier molecular flexibility index (Phi) is 7.88. The van der Waals surface area contributed by atoms with E-state index in [9.17, 15) is 9.59 Å². The smallest absolute Gasteiger partial charge is 0.256 e. The molecule has 1 fully saturated rings. The van der Waals surface area contributed by atoms with E-state index in [1.54, 1.807) is 6.20 Å². The standard InChI is InChI=1S/C28H32N4O2S/c1-19-10-11-20(2)24(17-19)35-27-23(9-6-12-29-27)28(34)32-15-13-31(14-16-32)18-25(33)30-26-21(3)7-5-8-22(26)4/h5-12,17H,13-16,18H2,1-4H3,(H,30,33). The first kappa shape index (κ1) is 24.9. The Bertz CT molecular complexity index is 1220. The number of nitrogens with one attached hydrogen (secondary N) is 1. The molecule has 0 radical (unpaired) electrons. The minimum Gasteiger partial charge on any atom is -0.336 e. The number of hydrogen-bond acceptors (Lipinski definition) is 5. The van der Waals surface area contributed by atoms with Gasteiger partial charge in [0.05, 0.1) is 12.1 Å². The lowest BCUT2D eigenvalue weighted by molar-refractivity contribution is -0.117. The SMILES string of the molecule is Cc1ccc(C)c(Sc2ncccc2C(=O)N2CCN(CC(=O)Nc3c(C)cccc3C)CC2)c1. The molecular formula is C28H32N4O2S. The minimum atomic E-state index is -0.0263. The van der Waals surface area contributed by atoms with Crippen molar-refractivity contribution in [1.82, 2.24) is 14.8 Å². The van der Waals surface area contributed by atoms with Crippen LogP contribution in [0, 0.1) is 27.7 Å². The maximum Gasteiger partial charge on any atom is 0.256 e. The van der Waals surface area contributed by atoms with Crippen LogP contribution >= 0.6 is 11.8 Å². The molecule has 1 aliphatic heterocycles. The van der Waals surface area contributed by atoms with Crippen molar-refractivity contribution in [2.75, 3.05) is 38.0 Å². The van der Waals surface area contributed by atoms with Gasteiger partial charge in [0.2, 0.25) is 5.91 Å². The summed E-state index contributed by atoms with van der Waals surface area (Å²) in [6, 6.07) is 16.0. The number of amides is 2. The number of benzene rings is 2. The number of hydrogen-bond donors (Lipinski definition) is 1. The molecule has 2 amide bonds. The molecule has 1 aromatic heterocycles. The molecule has 1 aliphatic rings. The number of pyridine rings is 1. The second-order valence-corrected chi connectivity index (χ2v) is 10.1. The molecule has 3 aromatic rings. The van der Waals surface area contributed by atoms with Gasteiger partial charge in [-0.2, -0.15) is 0 Å². The number of rotatable bonds is 6. The lowest BCUT2D eigenvalue weighted by atomic mass is 10.1. The third kappa shape index (κ3) is 6.10. The number of aryl methyl sites for hydroxylation is 4. The number of para-hydroxylation sites is 1. The molecule has 2 aromatic carbocycles. The largest absolute Gasteiger partial charge is 0.336 e. The van der Waals surface area contributed by atoms with Crippen LogP contribution in [0.1, 0.15) is 32.6 Å². The number of nitrogens with zero attached hydrogens (tertiary/aromatic N) is 3. The topological polar surface area (TPSA) is 65.5 Å². The second kappa shape index (κ2) is 11.1. The van der Waals surface area contributed by atoms with E-state index in [0.29, 0.717) is 38.3 Å². The van der Waals surface area contributed by atoms with Gasteiger partial charge < -0.3 is 10.2 Å². The Morgan fingerprint density at radius 2 is 1.63 bits per heavy atom. The van der Waals surface area contributed by atoms with Crippen LogP contribution in [0.25, 0.3) is 0 Å². The normalized spacial score (nSPS) is 14.1. The van der Waals surface area contributed by atoms with Crippen molar-refractivity contribution >= 4 is 29.3 Å². The van der Waals surface area contributed by atoms with E-state index in [1.807, 2.05) is 49.1 Å². The third-order valence-corrected chi connectivity index (χ3v) is 7.50. The van der Waals surface area contributed by atoms with Gasteiger partial charge in [0.15, 0.2) is 0 Å². The summed E-state index contributed by atoms with van der Waals surface area (Å²) in [4.78, 5) is 35.6. The monoisotopic (exact) mass is 488 g/mol. The van der Waals surface area contributed by atoms with Crippen molar-refractivity contribution in [3.8, 4) is 0 Å². The molecule has 4 rings (SSSR count). The lowest BCUT2D eigenvalue weighted by Gasteiger charge is -2.34. The highest BCUT2D eigenvalue weighted by atomic mass is 32.2. The van der Waals surface area contributed by atoms with Gasteiger partial charge in [-0.1, -0.05) is 42.1 Å². The van der Waals surface area contributed by atoms with Crippen LogP contribution in [0.3, 0.4) is 0 Å². The molecule has 35 heavy (non-hydrogen) atoms. The van der Waals surface area contributed by atoms with Gasteiger partial charge in [0.1, 0.15) is 5.03 Å². The van der Waals surface area contributed by atoms with E-state index in [0.717, 1.165) is 32.3 Å². The zero-order valence-electron chi connectivity index (χ0n) is 20.8. The molecule has 1 saturated heterocycles. The third-order valence-electron chi connectivity index (χ3n) is 6.32. The Morgan fingerprint density at radius 1 is 0.914 bits per heavy atom. The Hall–Kier alpha value is -3.16. The molecule has 0 atom stereocenters. The molecule has 182 valence electrons. The van der Waals surface area contributed by atoms with Gasteiger partial charge in [-0.25, -0.2) is 4.98 Å². The molecule has 0 aliphatic carbocycles. The van der Waals surface area contributed by atoms with Gasteiger partial charge in [-0.3, -0.25) is 14.5 Å². The van der Waals surface area contributed by atoms with E-state index >= 15 is 0 Å². The first-order chi connectivity index (χ1) is 16.8. The van der Waals surface area contributed by atoms with Gasteiger partial charge in [-0.05, 0) is 68.1 Å².